The summed E-state index contributed by atoms with van der Waals surface area (Å²) in [4.78, 5) is 6.92. The highest BCUT2D eigenvalue weighted by Crippen LogP contribution is 2.25. The van der Waals surface area contributed by atoms with Gasteiger partial charge in [0, 0.05) is 6.42 Å². The molecule has 0 aromatic carbocycles. The first kappa shape index (κ1) is 12.6. The van der Waals surface area contributed by atoms with Crippen LogP contribution in [0.5, 0.6) is 0 Å². The lowest BCUT2D eigenvalue weighted by Gasteiger charge is -2.33. The molecule has 2 heterocycles. The molecule has 1 aromatic rings. The molecule has 0 spiro atoms. The third-order valence-corrected chi connectivity index (χ3v) is 3.68. The van der Waals surface area contributed by atoms with Gasteiger partial charge in [0.25, 0.3) is 0 Å². The molecule has 1 atom stereocenters. The van der Waals surface area contributed by atoms with Crippen LogP contribution < -0.4 is 0 Å². The van der Waals surface area contributed by atoms with E-state index in [0.717, 1.165) is 43.6 Å². The molecule has 0 radical (unpaired) electrons. The molecule has 17 heavy (non-hydrogen) atoms. The van der Waals surface area contributed by atoms with Crippen molar-refractivity contribution < 1.29 is 4.52 Å². The number of aryl methyl sites for hydroxylation is 1. The Hall–Kier alpha value is -0.900. The molecule has 1 saturated heterocycles. The van der Waals surface area contributed by atoms with Crippen molar-refractivity contribution in [1.82, 2.24) is 15.0 Å². The average Bonchev–Trinajstić information content (AvgIpc) is 2.78. The first-order chi connectivity index (χ1) is 8.20. The smallest absolute Gasteiger partial charge is 0.243 e. The lowest BCUT2D eigenvalue weighted by molar-refractivity contribution is 0.124. The van der Waals surface area contributed by atoms with Gasteiger partial charge in [-0.15, -0.1) is 0 Å². The van der Waals surface area contributed by atoms with Crippen LogP contribution in [0.3, 0.4) is 0 Å². The van der Waals surface area contributed by atoms with Crippen molar-refractivity contribution >= 4 is 0 Å². The van der Waals surface area contributed by atoms with Gasteiger partial charge in [-0.05, 0) is 45.2 Å². The number of hydrogen-bond donors (Lipinski definition) is 0. The molecule has 4 nitrogen and oxygen atoms in total. The first-order valence-corrected chi connectivity index (χ1v) is 6.77. The predicted molar refractivity (Wildman–Crippen MR) is 66.7 cm³/mol. The summed E-state index contributed by atoms with van der Waals surface area (Å²) >= 11 is 0. The number of rotatable bonds is 4. The minimum absolute atomic E-state index is 0.264. The molecule has 0 N–H and O–H groups in total. The van der Waals surface area contributed by atoms with Gasteiger partial charge in [0.2, 0.25) is 5.89 Å². The van der Waals surface area contributed by atoms with E-state index in [4.69, 9.17) is 4.52 Å². The van der Waals surface area contributed by atoms with Crippen molar-refractivity contribution in [3.63, 3.8) is 0 Å². The second-order valence-electron chi connectivity index (χ2n) is 5.19. The van der Waals surface area contributed by atoms with E-state index in [9.17, 15) is 0 Å². The fourth-order valence-electron chi connectivity index (χ4n) is 2.33. The van der Waals surface area contributed by atoms with Crippen LogP contribution in [0, 0.1) is 5.92 Å². The van der Waals surface area contributed by atoms with E-state index in [1.54, 1.807) is 0 Å². The molecule has 1 aromatic heterocycles. The molecule has 2 rings (SSSR count). The molecule has 0 saturated carbocycles. The molecule has 0 aliphatic carbocycles. The lowest BCUT2D eigenvalue weighted by Crippen LogP contribution is -2.35. The van der Waals surface area contributed by atoms with Crippen molar-refractivity contribution in [3.8, 4) is 0 Å². The third kappa shape index (κ3) is 3.06. The summed E-state index contributed by atoms with van der Waals surface area (Å²) < 4.78 is 5.36. The molecule has 0 bridgehead atoms. The van der Waals surface area contributed by atoms with Gasteiger partial charge in [-0.3, -0.25) is 4.90 Å². The number of hydrogen-bond acceptors (Lipinski definition) is 4. The van der Waals surface area contributed by atoms with Crippen LogP contribution in [-0.2, 0) is 6.42 Å². The van der Waals surface area contributed by atoms with Gasteiger partial charge in [-0.25, -0.2) is 0 Å². The van der Waals surface area contributed by atoms with Gasteiger partial charge in [0.15, 0.2) is 5.82 Å². The maximum absolute atomic E-state index is 5.36. The Kier molecular flexibility index (Phi) is 4.15. The van der Waals surface area contributed by atoms with E-state index in [0.29, 0.717) is 0 Å². The zero-order chi connectivity index (χ0) is 12.3. The molecule has 0 amide bonds. The number of nitrogens with zero attached hydrogens (tertiary/aromatic N) is 3. The summed E-state index contributed by atoms with van der Waals surface area (Å²) in [5.41, 5.74) is 0. The summed E-state index contributed by atoms with van der Waals surface area (Å²) in [5.74, 6) is 2.49. The second kappa shape index (κ2) is 5.63. The van der Waals surface area contributed by atoms with E-state index < -0.39 is 0 Å². The number of aromatic nitrogens is 2. The average molecular weight is 237 g/mol. The van der Waals surface area contributed by atoms with E-state index in [2.05, 4.69) is 35.8 Å². The van der Waals surface area contributed by atoms with E-state index in [1.165, 1.54) is 12.8 Å². The zero-order valence-corrected chi connectivity index (χ0v) is 11.1. The van der Waals surface area contributed by atoms with Crippen molar-refractivity contribution in [1.29, 1.82) is 0 Å². The maximum Gasteiger partial charge on any atom is 0.243 e. The molecule has 4 heteroatoms. The second-order valence-corrected chi connectivity index (χ2v) is 5.19. The standard InChI is InChI=1S/C13H23N3O/c1-4-5-12-14-13(17-15-12)11(3)16-8-6-10(2)7-9-16/h10-11H,4-9H2,1-3H3/t11-/m1/s1. The molecule has 96 valence electrons. The highest BCUT2D eigenvalue weighted by atomic mass is 16.5. The number of likely N-dealkylation sites (tertiary alicyclic amines) is 1. The Morgan fingerprint density at radius 2 is 2.12 bits per heavy atom. The summed E-state index contributed by atoms with van der Waals surface area (Å²) in [6.45, 7) is 8.92. The normalized spacial score (nSPS) is 20.6. The van der Waals surface area contributed by atoms with Crippen molar-refractivity contribution in [3.05, 3.63) is 11.7 Å². The van der Waals surface area contributed by atoms with Crippen LogP contribution in [-0.4, -0.2) is 28.1 Å². The van der Waals surface area contributed by atoms with Crippen molar-refractivity contribution in [2.45, 2.75) is 52.5 Å². The fraction of sp³-hybridized carbons (Fsp3) is 0.846. The van der Waals surface area contributed by atoms with Gasteiger partial charge in [-0.2, -0.15) is 4.98 Å². The van der Waals surface area contributed by atoms with Gasteiger partial charge < -0.3 is 4.52 Å². The Bertz CT molecular complexity index is 342. The van der Waals surface area contributed by atoms with Crippen molar-refractivity contribution in [2.24, 2.45) is 5.92 Å². The van der Waals surface area contributed by atoms with Crippen LogP contribution in [0.1, 0.15) is 57.8 Å². The van der Waals surface area contributed by atoms with Gasteiger partial charge >= 0.3 is 0 Å². The SMILES string of the molecule is CCCc1noc([C@@H](C)N2CCC(C)CC2)n1. The van der Waals surface area contributed by atoms with E-state index in [-0.39, 0.29) is 6.04 Å². The van der Waals surface area contributed by atoms with Crippen LogP contribution in [0.25, 0.3) is 0 Å². The third-order valence-electron chi connectivity index (χ3n) is 3.68. The highest BCUT2D eigenvalue weighted by molar-refractivity contribution is 4.93. The van der Waals surface area contributed by atoms with Crippen LogP contribution in [0.2, 0.25) is 0 Å². The summed E-state index contributed by atoms with van der Waals surface area (Å²) in [6.07, 6.45) is 4.53. The Morgan fingerprint density at radius 3 is 2.76 bits per heavy atom. The van der Waals surface area contributed by atoms with E-state index >= 15 is 0 Å². The molecular weight excluding hydrogens is 214 g/mol. The van der Waals surface area contributed by atoms with Crippen LogP contribution in [0.4, 0.5) is 0 Å². The lowest BCUT2D eigenvalue weighted by atomic mass is 9.98. The van der Waals surface area contributed by atoms with E-state index in [1.807, 2.05) is 0 Å². The molecule has 1 aliphatic heterocycles. The highest BCUT2D eigenvalue weighted by Gasteiger charge is 2.24. The van der Waals surface area contributed by atoms with Gasteiger partial charge in [0.1, 0.15) is 0 Å². The summed E-state index contributed by atoms with van der Waals surface area (Å²) in [6, 6.07) is 0.264. The Labute approximate surface area is 103 Å². The first-order valence-electron chi connectivity index (χ1n) is 6.77. The maximum atomic E-state index is 5.36. The Morgan fingerprint density at radius 1 is 1.41 bits per heavy atom. The molecule has 0 unspecified atom stereocenters. The quantitative estimate of drug-likeness (QED) is 0.807. The molecule has 1 fully saturated rings. The van der Waals surface area contributed by atoms with Gasteiger partial charge in [0.05, 0.1) is 6.04 Å². The summed E-state index contributed by atoms with van der Waals surface area (Å²) in [5, 5.41) is 4.02. The number of piperidine rings is 1. The largest absolute Gasteiger partial charge is 0.338 e. The van der Waals surface area contributed by atoms with Crippen molar-refractivity contribution in [2.75, 3.05) is 13.1 Å². The predicted octanol–water partition coefficient (Wildman–Crippen LogP) is 2.82. The fourth-order valence-corrected chi connectivity index (χ4v) is 2.33. The minimum atomic E-state index is 0.264. The zero-order valence-electron chi connectivity index (χ0n) is 11.1. The van der Waals surface area contributed by atoms with Gasteiger partial charge in [-0.1, -0.05) is 19.0 Å². The topological polar surface area (TPSA) is 42.2 Å². The van der Waals surface area contributed by atoms with Crippen LogP contribution >= 0.6 is 0 Å². The van der Waals surface area contributed by atoms with Crippen LogP contribution in [0.15, 0.2) is 4.52 Å². The minimum Gasteiger partial charge on any atom is -0.338 e. The molecular formula is C13H23N3O. The molecule has 1 aliphatic rings. The monoisotopic (exact) mass is 237 g/mol. The summed E-state index contributed by atoms with van der Waals surface area (Å²) in [7, 11) is 0. The Balaban J connectivity index is 1.96.